The van der Waals surface area contributed by atoms with E-state index in [1.54, 1.807) is 6.08 Å². The van der Waals surface area contributed by atoms with Crippen LogP contribution in [0.4, 0.5) is 4.79 Å². The number of rotatable bonds is 7. The summed E-state index contributed by atoms with van der Waals surface area (Å²) < 4.78 is 4.51. The lowest BCUT2D eigenvalue weighted by Crippen LogP contribution is -2.12. The van der Waals surface area contributed by atoms with Crippen LogP contribution in [0, 0.1) is 0 Å². The van der Waals surface area contributed by atoms with Crippen molar-refractivity contribution in [1.29, 1.82) is 0 Å². The molecule has 80 valence electrons. The summed E-state index contributed by atoms with van der Waals surface area (Å²) in [6.45, 7) is 2.43. The van der Waals surface area contributed by atoms with Gasteiger partial charge in [-0.25, -0.2) is 4.79 Å². The molecule has 0 atom stereocenters. The number of amides is 1. The van der Waals surface area contributed by atoms with Gasteiger partial charge in [0.2, 0.25) is 0 Å². The van der Waals surface area contributed by atoms with Gasteiger partial charge in [-0.2, -0.15) is 0 Å². The van der Waals surface area contributed by atoms with Gasteiger partial charge in [-0.1, -0.05) is 38.0 Å². The lowest BCUT2D eigenvalue weighted by Gasteiger charge is -1.92. The van der Waals surface area contributed by atoms with E-state index in [9.17, 15) is 4.79 Å². The number of hydrogen-bond acceptors (Lipinski definition) is 2. The molecule has 0 aromatic heterocycles. The molecule has 0 aliphatic rings. The van der Waals surface area contributed by atoms with E-state index in [0.29, 0.717) is 0 Å². The Hall–Kier alpha value is -1.25. The normalized spacial score (nSPS) is 11.2. The van der Waals surface area contributed by atoms with E-state index in [2.05, 4.69) is 17.7 Å². The monoisotopic (exact) mass is 197 g/mol. The number of ether oxygens (including phenoxy) is 1. The molecule has 2 N–H and O–H groups in total. The smallest absolute Gasteiger partial charge is 0.404 e. The van der Waals surface area contributed by atoms with Crippen molar-refractivity contribution < 1.29 is 9.53 Å². The first-order chi connectivity index (χ1) is 6.77. The summed E-state index contributed by atoms with van der Waals surface area (Å²) in [6, 6.07) is 0. The molecule has 0 aromatic carbocycles. The van der Waals surface area contributed by atoms with E-state index in [0.717, 1.165) is 6.42 Å². The number of carbonyl (C=O) groups excluding carboxylic acids is 1. The Morgan fingerprint density at radius 1 is 1.29 bits per heavy atom. The summed E-state index contributed by atoms with van der Waals surface area (Å²) in [5, 5.41) is 0. The van der Waals surface area contributed by atoms with E-state index >= 15 is 0 Å². The van der Waals surface area contributed by atoms with Crippen LogP contribution in [0.1, 0.15) is 32.6 Å². The van der Waals surface area contributed by atoms with Gasteiger partial charge in [-0.05, 0) is 18.9 Å². The lowest BCUT2D eigenvalue weighted by atomic mass is 10.2. The first-order valence-corrected chi connectivity index (χ1v) is 5.01. The number of nitrogens with two attached hydrogens (primary N) is 1. The Bertz CT molecular complexity index is 197. The Morgan fingerprint density at radius 3 is 2.64 bits per heavy atom. The van der Waals surface area contributed by atoms with Crippen LogP contribution in [0.5, 0.6) is 0 Å². The molecular weight excluding hydrogens is 178 g/mol. The molecule has 0 fully saturated rings. The summed E-state index contributed by atoms with van der Waals surface area (Å²) in [6.07, 6.45) is 11.8. The first-order valence-electron chi connectivity index (χ1n) is 5.01. The van der Waals surface area contributed by atoms with Gasteiger partial charge in [0, 0.05) is 0 Å². The molecule has 3 nitrogen and oxygen atoms in total. The van der Waals surface area contributed by atoms with E-state index in [1.807, 2.05) is 12.2 Å². The van der Waals surface area contributed by atoms with E-state index in [1.165, 1.54) is 19.3 Å². The molecule has 0 spiro atoms. The topological polar surface area (TPSA) is 52.3 Å². The molecule has 0 saturated carbocycles. The van der Waals surface area contributed by atoms with Crippen LogP contribution in [0.15, 0.2) is 24.3 Å². The van der Waals surface area contributed by atoms with E-state index in [4.69, 9.17) is 5.73 Å². The van der Waals surface area contributed by atoms with Crippen molar-refractivity contribution in [2.45, 2.75) is 32.6 Å². The molecule has 0 bridgehead atoms. The quantitative estimate of drug-likeness (QED) is 0.504. The molecule has 14 heavy (non-hydrogen) atoms. The van der Waals surface area contributed by atoms with Crippen molar-refractivity contribution in [3.8, 4) is 0 Å². The van der Waals surface area contributed by atoms with Crippen LogP contribution in [0.2, 0.25) is 0 Å². The Balaban J connectivity index is 3.28. The Kier molecular flexibility index (Phi) is 8.96. The molecule has 3 heteroatoms. The number of primary amides is 1. The fraction of sp³-hybridized carbons (Fsp3) is 0.545. The van der Waals surface area contributed by atoms with Gasteiger partial charge in [-0.15, -0.1) is 0 Å². The average Bonchev–Trinajstić information content (AvgIpc) is 2.15. The van der Waals surface area contributed by atoms with Gasteiger partial charge in [0.1, 0.15) is 6.61 Å². The van der Waals surface area contributed by atoms with Crippen LogP contribution in [0.25, 0.3) is 0 Å². The largest absolute Gasteiger partial charge is 0.445 e. The second-order valence-electron chi connectivity index (χ2n) is 2.98. The molecule has 0 heterocycles. The maximum Gasteiger partial charge on any atom is 0.404 e. The van der Waals surface area contributed by atoms with Crippen LogP contribution in [0.3, 0.4) is 0 Å². The van der Waals surface area contributed by atoms with E-state index < -0.39 is 6.09 Å². The van der Waals surface area contributed by atoms with Gasteiger partial charge in [0.05, 0.1) is 0 Å². The zero-order chi connectivity index (χ0) is 10.6. The predicted octanol–water partition coefficient (Wildman–Crippen LogP) is 2.77. The van der Waals surface area contributed by atoms with Crippen LogP contribution in [-0.4, -0.2) is 12.7 Å². The first kappa shape index (κ1) is 12.8. The zero-order valence-corrected chi connectivity index (χ0v) is 8.74. The number of hydrogen-bond donors (Lipinski definition) is 1. The highest BCUT2D eigenvalue weighted by atomic mass is 16.5. The van der Waals surface area contributed by atoms with Crippen molar-refractivity contribution in [1.82, 2.24) is 0 Å². The zero-order valence-electron chi connectivity index (χ0n) is 8.74. The molecule has 0 radical (unpaired) electrons. The number of allylic oxidation sites excluding steroid dienone is 3. The third-order valence-electron chi connectivity index (χ3n) is 1.68. The second-order valence-corrected chi connectivity index (χ2v) is 2.98. The summed E-state index contributed by atoms with van der Waals surface area (Å²) in [5.74, 6) is 0. The molecule has 0 aromatic rings. The maximum absolute atomic E-state index is 10.2. The molecule has 1 amide bonds. The SMILES string of the molecule is CCCCC/C=C/C=C/COC(N)=O. The number of unbranched alkanes of at least 4 members (excludes halogenated alkanes) is 3. The minimum atomic E-state index is -0.735. The highest BCUT2D eigenvalue weighted by Crippen LogP contribution is 1.99. The van der Waals surface area contributed by atoms with Crippen molar-refractivity contribution in [2.75, 3.05) is 6.61 Å². The Labute approximate surface area is 85.6 Å². The molecule has 0 aliphatic heterocycles. The van der Waals surface area contributed by atoms with Crippen molar-refractivity contribution in [2.24, 2.45) is 5.73 Å². The summed E-state index contributed by atoms with van der Waals surface area (Å²) in [5.41, 5.74) is 4.78. The van der Waals surface area contributed by atoms with E-state index in [-0.39, 0.29) is 6.61 Å². The average molecular weight is 197 g/mol. The van der Waals surface area contributed by atoms with Gasteiger partial charge in [0.25, 0.3) is 0 Å². The molecule has 0 saturated heterocycles. The summed E-state index contributed by atoms with van der Waals surface area (Å²) in [4.78, 5) is 10.2. The van der Waals surface area contributed by atoms with Crippen LogP contribution in [-0.2, 0) is 4.74 Å². The fourth-order valence-corrected chi connectivity index (χ4v) is 0.951. The van der Waals surface area contributed by atoms with Gasteiger partial charge < -0.3 is 10.5 Å². The lowest BCUT2D eigenvalue weighted by molar-refractivity contribution is 0.169. The van der Waals surface area contributed by atoms with Crippen LogP contribution < -0.4 is 5.73 Å². The van der Waals surface area contributed by atoms with Gasteiger partial charge in [0.15, 0.2) is 0 Å². The van der Waals surface area contributed by atoms with Crippen LogP contribution >= 0.6 is 0 Å². The maximum atomic E-state index is 10.2. The minimum absolute atomic E-state index is 0.245. The van der Waals surface area contributed by atoms with Gasteiger partial charge in [-0.3, -0.25) is 0 Å². The molecule has 0 rings (SSSR count). The Morgan fingerprint density at radius 2 is 2.00 bits per heavy atom. The predicted molar refractivity (Wildman–Crippen MR) is 58.0 cm³/mol. The number of carbonyl (C=O) groups is 1. The highest BCUT2D eigenvalue weighted by Gasteiger charge is 1.85. The third-order valence-corrected chi connectivity index (χ3v) is 1.68. The van der Waals surface area contributed by atoms with Crippen molar-refractivity contribution in [3.63, 3.8) is 0 Å². The molecular formula is C11H19NO2. The minimum Gasteiger partial charge on any atom is -0.445 e. The van der Waals surface area contributed by atoms with Crippen molar-refractivity contribution in [3.05, 3.63) is 24.3 Å². The second kappa shape index (κ2) is 9.84. The fourth-order valence-electron chi connectivity index (χ4n) is 0.951. The standard InChI is InChI=1S/C11H19NO2/c1-2-3-4-5-6-7-8-9-10-14-11(12)13/h6-9H,2-5,10H2,1H3,(H2,12,13)/b7-6+,9-8+. The third kappa shape index (κ3) is 10.8. The highest BCUT2D eigenvalue weighted by molar-refractivity contribution is 5.64. The van der Waals surface area contributed by atoms with Gasteiger partial charge >= 0.3 is 6.09 Å². The summed E-state index contributed by atoms with van der Waals surface area (Å²) >= 11 is 0. The van der Waals surface area contributed by atoms with Crippen molar-refractivity contribution >= 4 is 6.09 Å². The molecule has 0 unspecified atom stereocenters. The summed E-state index contributed by atoms with van der Waals surface area (Å²) in [7, 11) is 0. The molecule has 0 aliphatic carbocycles.